The first-order valence-electron chi connectivity index (χ1n) is 6.51. The average Bonchev–Trinajstić information content (AvgIpc) is 2.98. The van der Waals surface area contributed by atoms with Crippen LogP contribution in [0.5, 0.6) is 0 Å². The fourth-order valence-electron chi connectivity index (χ4n) is 2.96. The van der Waals surface area contributed by atoms with Crippen LogP contribution >= 0.6 is 24.0 Å². The Morgan fingerprint density at radius 3 is 2.70 bits per heavy atom. The maximum Gasteiger partial charge on any atom is 0.263 e. The second kappa shape index (κ2) is 4.43. The molecule has 0 unspecified atom stereocenters. The van der Waals surface area contributed by atoms with Gasteiger partial charge in [-0.15, -0.1) is 0 Å². The van der Waals surface area contributed by atoms with E-state index < -0.39 is 0 Å². The van der Waals surface area contributed by atoms with Crippen molar-refractivity contribution in [2.45, 2.75) is 12.8 Å². The minimum Gasteiger partial charge on any atom is -0.307 e. The van der Waals surface area contributed by atoms with Crippen LogP contribution in [0, 0.1) is 0 Å². The predicted molar refractivity (Wildman–Crippen MR) is 87.7 cm³/mol. The first-order valence-corrected chi connectivity index (χ1v) is 7.73. The number of thioether (sulfide) groups is 1. The van der Waals surface area contributed by atoms with Crippen molar-refractivity contribution in [2.75, 3.05) is 0 Å². The Morgan fingerprint density at radius 2 is 1.95 bits per heavy atom. The second-order valence-electron chi connectivity index (χ2n) is 5.01. The van der Waals surface area contributed by atoms with Crippen molar-refractivity contribution in [3.63, 3.8) is 0 Å². The Bertz CT molecular complexity index is 797. The molecule has 0 atom stereocenters. The predicted octanol–water partition coefficient (Wildman–Crippen LogP) is 3.43. The van der Waals surface area contributed by atoms with Gasteiger partial charge >= 0.3 is 0 Å². The molecule has 1 aliphatic carbocycles. The van der Waals surface area contributed by atoms with Crippen molar-refractivity contribution in [1.29, 1.82) is 0 Å². The number of carbonyl (C=O) groups excluding carboxylic acids is 1. The highest BCUT2D eigenvalue weighted by molar-refractivity contribution is 8.26. The van der Waals surface area contributed by atoms with Gasteiger partial charge in [-0.25, -0.2) is 0 Å². The van der Waals surface area contributed by atoms with Gasteiger partial charge in [-0.05, 0) is 46.4 Å². The minimum absolute atomic E-state index is 0.0942. The molecule has 1 saturated heterocycles. The SMILES string of the molecule is O=C1NC(=S)S/C1=C\c1ccc2c3c(cccc13)CC2. The van der Waals surface area contributed by atoms with E-state index in [1.807, 2.05) is 6.08 Å². The number of hydrogen-bond acceptors (Lipinski definition) is 3. The Kier molecular flexibility index (Phi) is 2.69. The molecule has 2 aliphatic rings. The summed E-state index contributed by atoms with van der Waals surface area (Å²) in [5.74, 6) is -0.0942. The average molecular weight is 297 g/mol. The highest BCUT2D eigenvalue weighted by atomic mass is 32.2. The first kappa shape index (κ1) is 12.1. The number of benzene rings is 2. The van der Waals surface area contributed by atoms with E-state index in [9.17, 15) is 4.79 Å². The summed E-state index contributed by atoms with van der Waals surface area (Å²) >= 11 is 6.36. The number of thiocarbonyl (C=S) groups is 1. The molecule has 1 amide bonds. The molecule has 20 heavy (non-hydrogen) atoms. The topological polar surface area (TPSA) is 29.1 Å². The molecule has 2 nitrogen and oxygen atoms in total. The summed E-state index contributed by atoms with van der Waals surface area (Å²) in [5, 5.41) is 5.26. The Hall–Kier alpha value is -1.65. The standard InChI is InChI=1S/C16H11NOS2/c18-15-13(20-16(19)17-15)8-11-7-6-10-5-4-9-2-1-3-12(11)14(9)10/h1-3,6-8H,4-5H2,(H,17,18,19)/b13-8-. The largest absolute Gasteiger partial charge is 0.307 e. The van der Waals surface area contributed by atoms with Crippen LogP contribution < -0.4 is 5.32 Å². The van der Waals surface area contributed by atoms with Gasteiger partial charge < -0.3 is 5.32 Å². The molecule has 4 rings (SSSR count). The molecule has 0 saturated carbocycles. The molecule has 0 radical (unpaired) electrons. The van der Waals surface area contributed by atoms with Gasteiger partial charge in [-0.2, -0.15) is 0 Å². The van der Waals surface area contributed by atoms with Crippen molar-refractivity contribution in [3.05, 3.63) is 51.9 Å². The van der Waals surface area contributed by atoms with E-state index in [2.05, 4.69) is 35.6 Å². The molecule has 0 aromatic heterocycles. The lowest BCUT2D eigenvalue weighted by Crippen LogP contribution is -2.17. The summed E-state index contributed by atoms with van der Waals surface area (Å²) in [7, 11) is 0. The summed E-state index contributed by atoms with van der Waals surface area (Å²) < 4.78 is 0.534. The Balaban J connectivity index is 1.92. The van der Waals surface area contributed by atoms with Crippen LogP contribution in [-0.4, -0.2) is 10.2 Å². The molecule has 0 spiro atoms. The number of rotatable bonds is 1. The lowest BCUT2D eigenvalue weighted by molar-refractivity contribution is -0.115. The van der Waals surface area contributed by atoms with E-state index in [0.717, 1.165) is 18.4 Å². The number of hydrogen-bond donors (Lipinski definition) is 1. The van der Waals surface area contributed by atoms with Gasteiger partial charge in [0.25, 0.3) is 5.91 Å². The van der Waals surface area contributed by atoms with E-state index in [-0.39, 0.29) is 5.91 Å². The van der Waals surface area contributed by atoms with Gasteiger partial charge in [0.1, 0.15) is 4.32 Å². The zero-order valence-corrected chi connectivity index (χ0v) is 12.2. The molecule has 1 heterocycles. The van der Waals surface area contributed by atoms with Gasteiger partial charge in [0.2, 0.25) is 0 Å². The van der Waals surface area contributed by atoms with Crippen molar-refractivity contribution in [3.8, 4) is 0 Å². The Morgan fingerprint density at radius 1 is 1.15 bits per heavy atom. The van der Waals surface area contributed by atoms with E-state index >= 15 is 0 Å². The van der Waals surface area contributed by atoms with Crippen LogP contribution in [0.4, 0.5) is 0 Å². The number of nitrogens with one attached hydrogen (secondary N) is 1. The monoisotopic (exact) mass is 297 g/mol. The van der Waals surface area contributed by atoms with Crippen LogP contribution in [0.25, 0.3) is 16.8 Å². The zero-order chi connectivity index (χ0) is 13.7. The summed E-state index contributed by atoms with van der Waals surface area (Å²) in [6, 6.07) is 10.7. The Labute approximate surface area is 126 Å². The molecule has 1 fully saturated rings. The van der Waals surface area contributed by atoms with Crippen LogP contribution in [0.1, 0.15) is 16.7 Å². The van der Waals surface area contributed by atoms with Crippen LogP contribution in [0.3, 0.4) is 0 Å². The van der Waals surface area contributed by atoms with Gasteiger partial charge in [0, 0.05) is 0 Å². The number of amides is 1. The molecular formula is C16H11NOS2. The third kappa shape index (κ3) is 1.79. The second-order valence-corrected chi connectivity index (χ2v) is 6.72. The maximum absolute atomic E-state index is 11.8. The van der Waals surface area contributed by atoms with Crippen LogP contribution in [0.15, 0.2) is 35.2 Å². The third-order valence-corrected chi connectivity index (χ3v) is 5.00. The van der Waals surface area contributed by atoms with Crippen molar-refractivity contribution >= 4 is 51.1 Å². The van der Waals surface area contributed by atoms with Crippen LogP contribution in [0.2, 0.25) is 0 Å². The molecule has 1 aliphatic heterocycles. The highest BCUT2D eigenvalue weighted by Gasteiger charge is 2.23. The third-order valence-electron chi connectivity index (χ3n) is 3.84. The highest BCUT2D eigenvalue weighted by Crippen LogP contribution is 2.35. The summed E-state index contributed by atoms with van der Waals surface area (Å²) in [4.78, 5) is 12.5. The van der Waals surface area contributed by atoms with Crippen molar-refractivity contribution in [2.24, 2.45) is 0 Å². The van der Waals surface area contributed by atoms with Gasteiger partial charge in [0.15, 0.2) is 0 Å². The van der Waals surface area contributed by atoms with Gasteiger partial charge in [-0.3, -0.25) is 4.79 Å². The summed E-state index contributed by atoms with van der Waals surface area (Å²) in [5.41, 5.74) is 3.92. The zero-order valence-electron chi connectivity index (χ0n) is 10.6. The normalized spacial score (nSPS) is 19.1. The van der Waals surface area contributed by atoms with Crippen molar-refractivity contribution < 1.29 is 4.79 Å². The molecule has 0 bridgehead atoms. The molecule has 2 aromatic rings. The fourth-order valence-corrected chi connectivity index (χ4v) is 3.99. The molecular weight excluding hydrogens is 286 g/mol. The summed E-state index contributed by atoms with van der Waals surface area (Å²) in [6.07, 6.45) is 4.18. The lowest BCUT2D eigenvalue weighted by atomic mass is 9.99. The van der Waals surface area contributed by atoms with E-state index in [0.29, 0.717) is 9.23 Å². The van der Waals surface area contributed by atoms with E-state index in [1.54, 1.807) is 0 Å². The smallest absolute Gasteiger partial charge is 0.263 e. The molecule has 4 heteroatoms. The fraction of sp³-hybridized carbons (Fsp3) is 0.125. The van der Waals surface area contributed by atoms with Crippen molar-refractivity contribution in [1.82, 2.24) is 5.32 Å². The molecule has 98 valence electrons. The number of carbonyl (C=O) groups is 1. The molecule has 1 N–H and O–H groups in total. The number of aryl methyl sites for hydroxylation is 2. The van der Waals surface area contributed by atoms with E-state index in [4.69, 9.17) is 12.2 Å². The summed E-state index contributed by atoms with van der Waals surface area (Å²) in [6.45, 7) is 0. The maximum atomic E-state index is 11.8. The van der Waals surface area contributed by atoms with Crippen LogP contribution in [-0.2, 0) is 17.6 Å². The first-order chi connectivity index (χ1) is 9.72. The molecule has 2 aromatic carbocycles. The quantitative estimate of drug-likeness (QED) is 0.646. The lowest BCUT2D eigenvalue weighted by Gasteiger charge is -2.06. The minimum atomic E-state index is -0.0942. The van der Waals surface area contributed by atoms with Gasteiger partial charge in [0.05, 0.1) is 4.91 Å². The van der Waals surface area contributed by atoms with Gasteiger partial charge in [-0.1, -0.05) is 54.3 Å². The van der Waals surface area contributed by atoms with E-state index in [1.165, 1.54) is 33.7 Å².